The first-order chi connectivity index (χ1) is 9.98. The number of halogens is 2. The highest BCUT2D eigenvalue weighted by Gasteiger charge is 2.48. The van der Waals surface area contributed by atoms with Crippen molar-refractivity contribution in [3.63, 3.8) is 0 Å². The average Bonchev–Trinajstić information content (AvgIpc) is 3.14. The molecule has 2 fully saturated rings. The molecule has 1 aromatic rings. The first-order valence-corrected chi connectivity index (χ1v) is 7.99. The third-order valence-corrected chi connectivity index (χ3v) is 5.39. The van der Waals surface area contributed by atoms with Crippen molar-refractivity contribution in [2.75, 3.05) is 0 Å². The van der Waals surface area contributed by atoms with E-state index in [1.807, 2.05) is 0 Å². The van der Waals surface area contributed by atoms with Gasteiger partial charge in [0.25, 0.3) is 0 Å². The fourth-order valence-corrected chi connectivity index (χ4v) is 4.16. The van der Waals surface area contributed by atoms with Crippen molar-refractivity contribution in [1.29, 1.82) is 0 Å². The average molecular weight is 313 g/mol. The van der Waals surface area contributed by atoms with E-state index in [-0.39, 0.29) is 5.25 Å². The number of nitrogens with one attached hydrogen (secondary N) is 1. The van der Waals surface area contributed by atoms with E-state index in [1.165, 1.54) is 23.9 Å². The summed E-state index contributed by atoms with van der Waals surface area (Å²) in [6.07, 6.45) is 3.93. The standard InChI is InChI=1S/C15H17F2NO2S/c16-12-4-3-10(7-13(12)17)21-11-5-6-15(8-11,14(19)20)18-9-1-2-9/h3-4,7,9,11,18H,1-2,5-6,8H2,(H,19,20). The smallest absolute Gasteiger partial charge is 0.323 e. The summed E-state index contributed by atoms with van der Waals surface area (Å²) in [4.78, 5) is 12.2. The summed E-state index contributed by atoms with van der Waals surface area (Å²) in [5.41, 5.74) is -0.850. The molecule has 0 spiro atoms. The maximum Gasteiger partial charge on any atom is 0.323 e. The lowest BCUT2D eigenvalue weighted by atomic mass is 9.98. The predicted molar refractivity (Wildman–Crippen MR) is 76.4 cm³/mol. The summed E-state index contributed by atoms with van der Waals surface area (Å²) in [6, 6.07) is 4.15. The molecule has 21 heavy (non-hydrogen) atoms. The van der Waals surface area contributed by atoms with Gasteiger partial charge < -0.3 is 5.11 Å². The molecule has 0 heterocycles. The molecule has 2 saturated carbocycles. The van der Waals surface area contributed by atoms with Gasteiger partial charge in [0.2, 0.25) is 0 Å². The Kier molecular flexibility index (Phi) is 3.92. The van der Waals surface area contributed by atoms with Gasteiger partial charge in [0.05, 0.1) is 0 Å². The van der Waals surface area contributed by atoms with Gasteiger partial charge in [0, 0.05) is 16.2 Å². The summed E-state index contributed by atoms with van der Waals surface area (Å²) in [7, 11) is 0. The number of hydrogen-bond donors (Lipinski definition) is 2. The Balaban J connectivity index is 1.67. The van der Waals surface area contributed by atoms with Crippen LogP contribution in [0.3, 0.4) is 0 Å². The molecule has 1 aromatic carbocycles. The highest BCUT2D eigenvalue weighted by atomic mass is 32.2. The van der Waals surface area contributed by atoms with E-state index in [2.05, 4.69) is 5.32 Å². The molecule has 0 radical (unpaired) electrons. The van der Waals surface area contributed by atoms with E-state index < -0.39 is 23.1 Å². The molecule has 2 unspecified atom stereocenters. The Morgan fingerprint density at radius 3 is 2.67 bits per heavy atom. The lowest BCUT2D eigenvalue weighted by Gasteiger charge is -2.26. The summed E-state index contributed by atoms with van der Waals surface area (Å²) in [6.45, 7) is 0. The number of thioether (sulfide) groups is 1. The third kappa shape index (κ3) is 3.21. The Hall–Kier alpha value is -1.14. The third-order valence-electron chi connectivity index (χ3n) is 4.13. The van der Waals surface area contributed by atoms with Crippen LogP contribution in [0.2, 0.25) is 0 Å². The zero-order valence-electron chi connectivity index (χ0n) is 11.4. The van der Waals surface area contributed by atoms with Crippen molar-refractivity contribution < 1.29 is 18.7 Å². The van der Waals surface area contributed by atoms with Crippen molar-refractivity contribution in [1.82, 2.24) is 5.32 Å². The monoisotopic (exact) mass is 313 g/mol. The summed E-state index contributed by atoms with van der Waals surface area (Å²) in [5.74, 6) is -2.53. The van der Waals surface area contributed by atoms with E-state index in [4.69, 9.17) is 0 Å². The highest BCUT2D eigenvalue weighted by Crippen LogP contribution is 2.42. The fourth-order valence-electron chi connectivity index (χ4n) is 2.85. The number of carbonyl (C=O) groups is 1. The molecular formula is C15H17F2NO2S. The second-order valence-corrected chi connectivity index (χ2v) is 7.24. The molecule has 2 atom stereocenters. The van der Waals surface area contributed by atoms with Crippen molar-refractivity contribution in [2.24, 2.45) is 0 Å². The Morgan fingerprint density at radius 1 is 1.29 bits per heavy atom. The number of rotatable bonds is 5. The molecule has 0 aliphatic heterocycles. The molecule has 0 bridgehead atoms. The molecule has 3 rings (SSSR count). The van der Waals surface area contributed by atoms with E-state index in [9.17, 15) is 18.7 Å². The van der Waals surface area contributed by atoms with Gasteiger partial charge in [-0.3, -0.25) is 10.1 Å². The molecule has 2 N–H and O–H groups in total. The van der Waals surface area contributed by atoms with E-state index >= 15 is 0 Å². The summed E-state index contributed by atoms with van der Waals surface area (Å²) >= 11 is 1.43. The van der Waals surface area contributed by atoms with Gasteiger partial charge in [0.1, 0.15) is 5.54 Å². The summed E-state index contributed by atoms with van der Waals surface area (Å²) in [5, 5.41) is 12.9. The first-order valence-electron chi connectivity index (χ1n) is 7.11. The van der Waals surface area contributed by atoms with Crippen molar-refractivity contribution in [3.8, 4) is 0 Å². The van der Waals surface area contributed by atoms with Gasteiger partial charge in [-0.05, 0) is 50.3 Å². The van der Waals surface area contributed by atoms with Crippen LogP contribution in [0.4, 0.5) is 8.78 Å². The molecule has 0 amide bonds. The Bertz CT molecular complexity index is 565. The van der Waals surface area contributed by atoms with Crippen LogP contribution in [-0.2, 0) is 4.79 Å². The minimum atomic E-state index is -0.862. The normalized spacial score (nSPS) is 28.8. The van der Waals surface area contributed by atoms with Crippen LogP contribution in [0.5, 0.6) is 0 Å². The first kappa shape index (κ1) is 14.8. The maximum absolute atomic E-state index is 13.2. The van der Waals surface area contributed by atoms with Gasteiger partial charge in [-0.1, -0.05) is 0 Å². The molecule has 114 valence electrons. The van der Waals surface area contributed by atoms with Gasteiger partial charge in [-0.15, -0.1) is 11.8 Å². The van der Waals surface area contributed by atoms with Gasteiger partial charge in [-0.2, -0.15) is 0 Å². The van der Waals surface area contributed by atoms with Crippen LogP contribution in [0.25, 0.3) is 0 Å². The van der Waals surface area contributed by atoms with Crippen molar-refractivity contribution >= 4 is 17.7 Å². The highest BCUT2D eigenvalue weighted by molar-refractivity contribution is 8.00. The SMILES string of the molecule is O=C(O)C1(NC2CC2)CCC(Sc2ccc(F)c(F)c2)C1. The maximum atomic E-state index is 13.2. The van der Waals surface area contributed by atoms with Crippen LogP contribution >= 0.6 is 11.8 Å². The van der Waals surface area contributed by atoms with Crippen LogP contribution in [0.15, 0.2) is 23.1 Å². The molecule has 2 aliphatic rings. The van der Waals surface area contributed by atoms with Crippen molar-refractivity contribution in [2.45, 2.75) is 53.8 Å². The van der Waals surface area contributed by atoms with Crippen molar-refractivity contribution in [3.05, 3.63) is 29.8 Å². The van der Waals surface area contributed by atoms with Gasteiger partial charge in [-0.25, -0.2) is 8.78 Å². The molecule has 2 aliphatic carbocycles. The van der Waals surface area contributed by atoms with E-state index in [0.717, 1.165) is 25.3 Å². The second-order valence-electron chi connectivity index (χ2n) is 5.86. The quantitative estimate of drug-likeness (QED) is 0.876. The summed E-state index contributed by atoms with van der Waals surface area (Å²) < 4.78 is 26.1. The second kappa shape index (κ2) is 5.57. The zero-order chi connectivity index (χ0) is 15.0. The largest absolute Gasteiger partial charge is 0.480 e. The van der Waals surface area contributed by atoms with Crippen LogP contribution < -0.4 is 5.32 Å². The minimum absolute atomic E-state index is 0.109. The Labute approximate surface area is 126 Å². The van der Waals surface area contributed by atoms with Crippen LogP contribution in [0, 0.1) is 11.6 Å². The van der Waals surface area contributed by atoms with E-state index in [1.54, 1.807) is 0 Å². The van der Waals surface area contributed by atoms with Crippen LogP contribution in [-0.4, -0.2) is 27.9 Å². The lowest BCUT2D eigenvalue weighted by molar-refractivity contribution is -0.144. The Morgan fingerprint density at radius 2 is 2.05 bits per heavy atom. The number of carboxylic acid groups (broad SMARTS) is 1. The number of hydrogen-bond acceptors (Lipinski definition) is 3. The number of aliphatic carboxylic acids is 1. The van der Waals surface area contributed by atoms with Gasteiger partial charge >= 0.3 is 5.97 Å². The fraction of sp³-hybridized carbons (Fsp3) is 0.533. The molecule has 6 heteroatoms. The number of benzene rings is 1. The van der Waals surface area contributed by atoms with Crippen LogP contribution in [0.1, 0.15) is 32.1 Å². The lowest BCUT2D eigenvalue weighted by Crippen LogP contribution is -2.51. The number of carboxylic acids is 1. The minimum Gasteiger partial charge on any atom is -0.480 e. The topological polar surface area (TPSA) is 49.3 Å². The zero-order valence-corrected chi connectivity index (χ0v) is 12.3. The molecular weight excluding hydrogens is 296 g/mol. The molecule has 3 nitrogen and oxygen atoms in total. The predicted octanol–water partition coefficient (Wildman–Crippen LogP) is 3.18. The molecule has 0 saturated heterocycles. The molecule has 0 aromatic heterocycles. The van der Waals surface area contributed by atoms with E-state index in [0.29, 0.717) is 23.8 Å². The van der Waals surface area contributed by atoms with Gasteiger partial charge in [0.15, 0.2) is 11.6 Å².